The van der Waals surface area contributed by atoms with E-state index in [1.54, 1.807) is 12.3 Å². The fraction of sp³-hybridized carbons (Fsp3) is 0.143. The Labute approximate surface area is 147 Å². The summed E-state index contributed by atoms with van der Waals surface area (Å²) in [7, 11) is 0. The van der Waals surface area contributed by atoms with E-state index in [1.807, 2.05) is 68.4 Å². The van der Waals surface area contributed by atoms with Gasteiger partial charge in [0.05, 0.1) is 12.8 Å². The van der Waals surface area contributed by atoms with Crippen molar-refractivity contribution in [3.63, 3.8) is 0 Å². The summed E-state index contributed by atoms with van der Waals surface area (Å²) < 4.78 is 5.70. The molecule has 126 valence electrons. The second-order valence-corrected chi connectivity index (χ2v) is 5.70. The van der Waals surface area contributed by atoms with Crippen LogP contribution in [0.4, 0.5) is 0 Å². The lowest BCUT2D eigenvalue weighted by Crippen LogP contribution is -2.17. The lowest BCUT2D eigenvalue weighted by molar-refractivity contribution is 0.0955. The van der Waals surface area contributed by atoms with Gasteiger partial charge in [0.2, 0.25) is 0 Å². The van der Waals surface area contributed by atoms with Gasteiger partial charge in [-0.05, 0) is 42.8 Å². The molecule has 0 aromatic heterocycles. The molecule has 3 aromatic rings. The Bertz CT molecular complexity index is 932. The fourth-order valence-electron chi connectivity index (χ4n) is 2.70. The minimum absolute atomic E-state index is 0.238. The number of aryl methyl sites for hydroxylation is 1. The summed E-state index contributed by atoms with van der Waals surface area (Å²) in [6.07, 6.45) is 1.64. The largest absolute Gasteiger partial charge is 0.493 e. The highest BCUT2D eigenvalue weighted by molar-refractivity contribution is 6.03. The van der Waals surface area contributed by atoms with E-state index >= 15 is 0 Å². The highest BCUT2D eigenvalue weighted by Crippen LogP contribution is 2.26. The van der Waals surface area contributed by atoms with Crippen LogP contribution in [0.3, 0.4) is 0 Å². The van der Waals surface area contributed by atoms with E-state index in [4.69, 9.17) is 4.74 Å². The third kappa shape index (κ3) is 3.86. The van der Waals surface area contributed by atoms with Crippen molar-refractivity contribution in [2.24, 2.45) is 5.10 Å². The summed E-state index contributed by atoms with van der Waals surface area (Å²) in [5, 5.41) is 6.26. The van der Waals surface area contributed by atoms with Crippen molar-refractivity contribution in [2.45, 2.75) is 13.8 Å². The number of ether oxygens (including phenoxy) is 1. The SMILES string of the molecule is CCOc1ccc2ccccc2c1/C=N\NC(=O)c1cccc(C)c1. The van der Waals surface area contributed by atoms with E-state index in [-0.39, 0.29) is 5.91 Å². The average molecular weight is 332 g/mol. The van der Waals surface area contributed by atoms with Crippen LogP contribution in [0.5, 0.6) is 5.75 Å². The number of nitrogens with zero attached hydrogens (tertiary/aromatic N) is 1. The van der Waals surface area contributed by atoms with Crippen molar-refractivity contribution in [1.82, 2.24) is 5.43 Å². The van der Waals surface area contributed by atoms with Crippen LogP contribution in [-0.4, -0.2) is 18.7 Å². The van der Waals surface area contributed by atoms with Gasteiger partial charge in [-0.15, -0.1) is 0 Å². The van der Waals surface area contributed by atoms with Crippen LogP contribution in [0.1, 0.15) is 28.4 Å². The number of hydrogen-bond acceptors (Lipinski definition) is 3. The predicted octanol–water partition coefficient (Wildman–Crippen LogP) is 4.31. The molecule has 1 N–H and O–H groups in total. The van der Waals surface area contributed by atoms with E-state index < -0.39 is 0 Å². The Morgan fingerprint density at radius 3 is 2.76 bits per heavy atom. The number of carbonyl (C=O) groups is 1. The van der Waals surface area contributed by atoms with Gasteiger partial charge in [0, 0.05) is 11.1 Å². The van der Waals surface area contributed by atoms with Crippen molar-refractivity contribution in [3.8, 4) is 5.75 Å². The first-order valence-electron chi connectivity index (χ1n) is 8.23. The van der Waals surface area contributed by atoms with Crippen LogP contribution < -0.4 is 10.2 Å². The Morgan fingerprint density at radius 2 is 1.96 bits per heavy atom. The molecule has 0 saturated heterocycles. The van der Waals surface area contributed by atoms with Crippen molar-refractivity contribution in [2.75, 3.05) is 6.61 Å². The Hall–Kier alpha value is -3.14. The van der Waals surface area contributed by atoms with Crippen LogP contribution in [0.2, 0.25) is 0 Å². The first-order valence-corrected chi connectivity index (χ1v) is 8.23. The normalized spacial score (nSPS) is 11.0. The maximum absolute atomic E-state index is 12.2. The summed E-state index contributed by atoms with van der Waals surface area (Å²) in [5.41, 5.74) is 5.05. The first-order chi connectivity index (χ1) is 12.2. The molecule has 0 aliphatic carbocycles. The summed E-state index contributed by atoms with van der Waals surface area (Å²) in [6, 6.07) is 19.4. The van der Waals surface area contributed by atoms with Crippen molar-refractivity contribution in [3.05, 3.63) is 77.4 Å². The van der Waals surface area contributed by atoms with Crippen LogP contribution >= 0.6 is 0 Å². The zero-order valence-electron chi connectivity index (χ0n) is 14.3. The van der Waals surface area contributed by atoms with Crippen molar-refractivity contribution in [1.29, 1.82) is 0 Å². The van der Waals surface area contributed by atoms with Gasteiger partial charge in [-0.1, -0.05) is 48.0 Å². The summed E-state index contributed by atoms with van der Waals surface area (Å²) in [5.74, 6) is 0.507. The molecule has 0 bridgehead atoms. The van der Waals surface area contributed by atoms with Gasteiger partial charge >= 0.3 is 0 Å². The molecule has 3 rings (SSSR count). The predicted molar refractivity (Wildman–Crippen MR) is 101 cm³/mol. The number of hydrogen-bond donors (Lipinski definition) is 1. The summed E-state index contributed by atoms with van der Waals surface area (Å²) in [6.45, 7) is 4.45. The van der Waals surface area contributed by atoms with Crippen molar-refractivity contribution >= 4 is 22.9 Å². The minimum Gasteiger partial charge on any atom is -0.493 e. The number of rotatable bonds is 5. The molecule has 1 amide bonds. The molecule has 25 heavy (non-hydrogen) atoms. The molecular weight excluding hydrogens is 312 g/mol. The first kappa shape index (κ1) is 16.7. The van der Waals surface area contributed by atoms with E-state index in [0.29, 0.717) is 12.2 Å². The molecule has 0 aliphatic rings. The smallest absolute Gasteiger partial charge is 0.271 e. The average Bonchev–Trinajstić information content (AvgIpc) is 2.63. The molecule has 0 radical (unpaired) electrons. The second kappa shape index (κ2) is 7.62. The Balaban J connectivity index is 1.87. The van der Waals surface area contributed by atoms with E-state index in [0.717, 1.165) is 27.6 Å². The Morgan fingerprint density at radius 1 is 1.12 bits per heavy atom. The highest BCUT2D eigenvalue weighted by atomic mass is 16.5. The number of nitrogens with one attached hydrogen (secondary N) is 1. The molecule has 0 aliphatic heterocycles. The molecule has 0 saturated carbocycles. The van der Waals surface area contributed by atoms with Gasteiger partial charge < -0.3 is 4.74 Å². The van der Waals surface area contributed by atoms with E-state index in [1.165, 1.54) is 0 Å². The highest BCUT2D eigenvalue weighted by Gasteiger charge is 2.07. The van der Waals surface area contributed by atoms with E-state index in [9.17, 15) is 4.79 Å². The van der Waals surface area contributed by atoms with E-state index in [2.05, 4.69) is 10.5 Å². The molecule has 0 fully saturated rings. The fourth-order valence-corrected chi connectivity index (χ4v) is 2.70. The monoisotopic (exact) mass is 332 g/mol. The molecule has 0 spiro atoms. The standard InChI is InChI=1S/C21H20N2O2/c1-3-25-20-12-11-16-8-4-5-10-18(16)19(20)14-22-23-21(24)17-9-6-7-15(2)13-17/h4-14H,3H2,1-2H3,(H,23,24)/b22-14-. The molecule has 3 aromatic carbocycles. The summed E-state index contributed by atoms with van der Waals surface area (Å²) >= 11 is 0. The maximum Gasteiger partial charge on any atom is 0.271 e. The van der Waals surface area contributed by atoms with Gasteiger partial charge in [-0.2, -0.15) is 5.10 Å². The van der Waals surface area contributed by atoms with Gasteiger partial charge in [0.25, 0.3) is 5.91 Å². The maximum atomic E-state index is 12.2. The third-order valence-electron chi connectivity index (χ3n) is 3.87. The number of carbonyl (C=O) groups excluding carboxylic acids is 1. The number of benzene rings is 3. The topological polar surface area (TPSA) is 50.7 Å². The zero-order chi connectivity index (χ0) is 17.6. The third-order valence-corrected chi connectivity index (χ3v) is 3.87. The number of fused-ring (bicyclic) bond motifs is 1. The number of hydrazone groups is 1. The van der Waals surface area contributed by atoms with Crippen molar-refractivity contribution < 1.29 is 9.53 Å². The molecule has 4 nitrogen and oxygen atoms in total. The number of amides is 1. The van der Waals surface area contributed by atoms with Crippen LogP contribution in [0, 0.1) is 6.92 Å². The summed E-state index contributed by atoms with van der Waals surface area (Å²) in [4.78, 5) is 12.2. The minimum atomic E-state index is -0.238. The Kier molecular flexibility index (Phi) is 5.09. The van der Waals surface area contributed by atoms with Crippen LogP contribution in [0.25, 0.3) is 10.8 Å². The molecule has 0 heterocycles. The van der Waals surface area contributed by atoms with Gasteiger partial charge in [0.15, 0.2) is 0 Å². The second-order valence-electron chi connectivity index (χ2n) is 5.70. The van der Waals surface area contributed by atoms with Gasteiger partial charge in [-0.3, -0.25) is 4.79 Å². The van der Waals surface area contributed by atoms with Gasteiger partial charge in [0.1, 0.15) is 5.75 Å². The van der Waals surface area contributed by atoms with Gasteiger partial charge in [-0.25, -0.2) is 5.43 Å². The lowest BCUT2D eigenvalue weighted by Gasteiger charge is -2.10. The molecule has 0 unspecified atom stereocenters. The van der Waals surface area contributed by atoms with Crippen LogP contribution in [0.15, 0.2) is 65.8 Å². The molecule has 0 atom stereocenters. The lowest BCUT2D eigenvalue weighted by atomic mass is 10.0. The molecular formula is C21H20N2O2. The quantitative estimate of drug-likeness (QED) is 0.559. The van der Waals surface area contributed by atoms with Crippen LogP contribution in [-0.2, 0) is 0 Å². The zero-order valence-corrected chi connectivity index (χ0v) is 14.3. The molecule has 4 heteroatoms.